The molecule has 0 saturated carbocycles. The quantitative estimate of drug-likeness (QED) is 0.0682. The third-order valence-corrected chi connectivity index (χ3v) is 11.5. The second-order valence-electron chi connectivity index (χ2n) is 12.4. The maximum atomic E-state index is 12.6. The van der Waals surface area contributed by atoms with E-state index in [0.717, 1.165) is 36.3 Å². The van der Waals surface area contributed by atoms with E-state index in [1.807, 2.05) is 0 Å². The van der Waals surface area contributed by atoms with Crippen LogP contribution in [-0.4, -0.2) is 60.9 Å². The standard InChI is InChI=1S/C32H58N3O9PS/c1-3-4-5-6-7-8-9-10-11-12-13-14-15-16-17-18-19-20-21-22-25-46(40,41)34-45(39)44-29-27(26-36)43-31(30(29)42-2)35-24-23-28(37)33-32(35)38/h23-24,27,29-31,36H,3-22,25-26H2,1-2H3,(H-,33,34,37,38,39)/p+1/t27-,29?,30?,31-/m1/s1. The second-order valence-corrected chi connectivity index (χ2v) is 15.5. The highest BCUT2D eigenvalue weighted by Crippen LogP contribution is 2.37. The summed E-state index contributed by atoms with van der Waals surface area (Å²) in [6, 6.07) is 1.12. The molecule has 3 unspecified atom stereocenters. The summed E-state index contributed by atoms with van der Waals surface area (Å²) in [4.78, 5) is 25.7. The molecule has 1 aliphatic rings. The molecule has 2 rings (SSSR count). The lowest BCUT2D eigenvalue weighted by molar-refractivity contribution is -0.0625. The van der Waals surface area contributed by atoms with E-state index >= 15 is 0 Å². The Morgan fingerprint density at radius 2 is 1.33 bits per heavy atom. The number of hydrogen-bond donors (Lipinski definition) is 3. The summed E-state index contributed by atoms with van der Waals surface area (Å²) in [7, 11) is -5.46. The summed E-state index contributed by atoms with van der Waals surface area (Å²) < 4.78 is 57.3. The molecule has 266 valence electrons. The minimum atomic E-state index is -3.87. The SMILES string of the molecule is CCCCCCCCCCCCCCCCCCCCCCS(=O)(=O)N[P+](=O)OC1C(OC)[C@H](n2ccc(=O)[nH]c2=O)O[C@@H]1CO. The molecule has 14 heteroatoms. The van der Waals surface area contributed by atoms with Gasteiger partial charge in [-0.3, -0.25) is 14.3 Å². The number of unbranched alkanes of at least 4 members (excludes halogenated alkanes) is 19. The van der Waals surface area contributed by atoms with Gasteiger partial charge in [-0.05, 0) is 11.0 Å². The van der Waals surface area contributed by atoms with Crippen molar-refractivity contribution in [3.8, 4) is 0 Å². The summed E-state index contributed by atoms with van der Waals surface area (Å²) in [5, 5.41) is 9.77. The normalized spacial score (nSPS) is 20.4. The molecule has 0 radical (unpaired) electrons. The Kier molecular flexibility index (Phi) is 21.1. The van der Waals surface area contributed by atoms with Crippen LogP contribution in [0.4, 0.5) is 0 Å². The lowest BCUT2D eigenvalue weighted by Crippen LogP contribution is -2.39. The van der Waals surface area contributed by atoms with Gasteiger partial charge in [-0.25, -0.2) is 13.2 Å². The maximum Gasteiger partial charge on any atom is 0.628 e. The molecule has 5 atom stereocenters. The first-order chi connectivity index (χ1) is 22.2. The molecule has 1 fully saturated rings. The van der Waals surface area contributed by atoms with Crippen molar-refractivity contribution in [3.63, 3.8) is 0 Å². The molecule has 0 spiro atoms. The van der Waals surface area contributed by atoms with E-state index in [1.165, 1.54) is 110 Å². The van der Waals surface area contributed by atoms with E-state index in [9.17, 15) is 27.7 Å². The number of methoxy groups -OCH3 is 1. The monoisotopic (exact) mass is 692 g/mol. The van der Waals surface area contributed by atoms with Crippen molar-refractivity contribution in [3.05, 3.63) is 33.1 Å². The molecule has 46 heavy (non-hydrogen) atoms. The Balaban J connectivity index is 1.53. The molecule has 0 aromatic carbocycles. The number of aromatic amines is 1. The Morgan fingerprint density at radius 3 is 1.76 bits per heavy atom. The fraction of sp³-hybridized carbons (Fsp3) is 0.875. The molecular formula is C32H59N3O9PS+. The molecular weight excluding hydrogens is 633 g/mol. The first-order valence-corrected chi connectivity index (χ1v) is 20.3. The number of aliphatic hydroxyl groups is 1. The Labute approximate surface area is 276 Å². The Bertz CT molecular complexity index is 1190. The summed E-state index contributed by atoms with van der Waals surface area (Å²) in [6.07, 6.45) is 21.6. The topological polar surface area (TPSA) is 166 Å². The summed E-state index contributed by atoms with van der Waals surface area (Å²) in [5.41, 5.74) is -1.37. The third kappa shape index (κ3) is 16.1. The van der Waals surface area contributed by atoms with Crippen LogP contribution in [0.15, 0.2) is 21.9 Å². The van der Waals surface area contributed by atoms with Gasteiger partial charge < -0.3 is 14.6 Å². The highest BCUT2D eigenvalue weighted by Gasteiger charge is 2.51. The Hall–Kier alpha value is -1.47. The number of aliphatic hydroxyl groups excluding tert-OH is 1. The third-order valence-electron chi connectivity index (χ3n) is 8.56. The number of nitrogens with one attached hydrogen (secondary N) is 2. The Morgan fingerprint density at radius 1 is 0.848 bits per heavy atom. The lowest BCUT2D eigenvalue weighted by atomic mass is 10.0. The van der Waals surface area contributed by atoms with Crippen LogP contribution < -0.4 is 15.7 Å². The van der Waals surface area contributed by atoms with E-state index in [2.05, 4.69) is 16.4 Å². The van der Waals surface area contributed by atoms with Gasteiger partial charge in [0.05, 0.1) is 12.4 Å². The van der Waals surface area contributed by atoms with E-state index in [-0.39, 0.29) is 5.75 Å². The fourth-order valence-electron chi connectivity index (χ4n) is 5.92. The van der Waals surface area contributed by atoms with Gasteiger partial charge in [0.1, 0.15) is 12.2 Å². The van der Waals surface area contributed by atoms with Crippen LogP contribution in [0.1, 0.15) is 142 Å². The molecule has 1 aromatic heterocycles. The van der Waals surface area contributed by atoms with Crippen molar-refractivity contribution < 1.29 is 32.1 Å². The van der Waals surface area contributed by atoms with Crippen molar-refractivity contribution in [2.24, 2.45) is 0 Å². The van der Waals surface area contributed by atoms with Crippen molar-refractivity contribution in [2.75, 3.05) is 19.5 Å². The second kappa shape index (κ2) is 23.8. The van der Waals surface area contributed by atoms with Crippen LogP contribution in [0.3, 0.4) is 0 Å². The zero-order chi connectivity index (χ0) is 33.6. The minimum Gasteiger partial charge on any atom is -0.394 e. The average molecular weight is 693 g/mol. The lowest BCUT2D eigenvalue weighted by Gasteiger charge is -2.20. The number of ether oxygens (including phenoxy) is 2. The van der Waals surface area contributed by atoms with E-state index in [0.29, 0.717) is 6.42 Å². The van der Waals surface area contributed by atoms with Gasteiger partial charge >= 0.3 is 13.9 Å². The van der Waals surface area contributed by atoms with Crippen LogP contribution >= 0.6 is 8.18 Å². The molecule has 0 aliphatic carbocycles. The van der Waals surface area contributed by atoms with Crippen molar-refractivity contribution in [1.82, 2.24) is 14.0 Å². The van der Waals surface area contributed by atoms with Crippen LogP contribution in [0, 0.1) is 0 Å². The van der Waals surface area contributed by atoms with Crippen LogP contribution in [-0.2, 0) is 28.6 Å². The smallest absolute Gasteiger partial charge is 0.394 e. The molecule has 0 bridgehead atoms. The maximum absolute atomic E-state index is 12.6. The largest absolute Gasteiger partial charge is 0.628 e. The number of H-pyrrole nitrogens is 1. The van der Waals surface area contributed by atoms with Crippen LogP contribution in [0.25, 0.3) is 0 Å². The minimum absolute atomic E-state index is 0.176. The summed E-state index contributed by atoms with van der Waals surface area (Å²) in [6.45, 7) is 1.70. The molecule has 12 nitrogen and oxygen atoms in total. The van der Waals surface area contributed by atoms with Gasteiger partial charge in [-0.15, -0.1) is 4.52 Å². The summed E-state index contributed by atoms with van der Waals surface area (Å²) in [5.74, 6) is -0.176. The molecule has 0 amide bonds. The predicted molar refractivity (Wildman–Crippen MR) is 181 cm³/mol. The first kappa shape index (κ1) is 40.7. The highest BCUT2D eigenvalue weighted by atomic mass is 32.2. The predicted octanol–water partition coefficient (Wildman–Crippen LogP) is 6.23. The van der Waals surface area contributed by atoms with Gasteiger partial charge in [0.15, 0.2) is 12.3 Å². The molecule has 2 heterocycles. The average Bonchev–Trinajstić information content (AvgIpc) is 3.36. The molecule has 1 saturated heterocycles. The van der Waals surface area contributed by atoms with Crippen LogP contribution in [0.2, 0.25) is 0 Å². The molecule has 1 aromatic rings. The van der Waals surface area contributed by atoms with E-state index in [1.54, 1.807) is 0 Å². The first-order valence-electron chi connectivity index (χ1n) is 17.5. The van der Waals surface area contributed by atoms with Gasteiger partial charge in [0.25, 0.3) is 15.6 Å². The van der Waals surface area contributed by atoms with Crippen LogP contribution in [0.5, 0.6) is 0 Å². The van der Waals surface area contributed by atoms with Crippen molar-refractivity contribution in [1.29, 1.82) is 0 Å². The van der Waals surface area contributed by atoms with Crippen molar-refractivity contribution in [2.45, 2.75) is 160 Å². The van der Waals surface area contributed by atoms with Gasteiger partial charge in [-0.2, -0.15) is 0 Å². The number of aromatic nitrogens is 2. The van der Waals surface area contributed by atoms with Gasteiger partial charge in [0.2, 0.25) is 0 Å². The number of nitrogens with zero attached hydrogens (tertiary/aromatic N) is 1. The molecule has 3 N–H and O–H groups in total. The van der Waals surface area contributed by atoms with E-state index in [4.69, 9.17) is 14.0 Å². The zero-order valence-corrected chi connectivity index (χ0v) is 29.7. The number of rotatable bonds is 28. The number of hydrogen-bond acceptors (Lipinski definition) is 9. The van der Waals surface area contributed by atoms with Gasteiger partial charge in [0, 0.05) is 23.9 Å². The fourth-order valence-corrected chi connectivity index (χ4v) is 8.43. The van der Waals surface area contributed by atoms with E-state index < -0.39 is 60.6 Å². The number of sulfonamides is 1. The zero-order valence-electron chi connectivity index (χ0n) is 28.0. The molecule has 1 aliphatic heterocycles. The highest BCUT2D eigenvalue weighted by molar-refractivity contribution is 7.93. The summed E-state index contributed by atoms with van der Waals surface area (Å²) >= 11 is 0. The van der Waals surface area contributed by atoms with Gasteiger partial charge in [-0.1, -0.05) is 129 Å². The van der Waals surface area contributed by atoms with Crippen molar-refractivity contribution >= 4 is 18.2 Å².